The number of aromatic hydroxyl groups is 1. The zero-order valence-electron chi connectivity index (χ0n) is 42.3. The van der Waals surface area contributed by atoms with Crippen molar-refractivity contribution in [1.29, 1.82) is 0 Å². The lowest BCUT2D eigenvalue weighted by Crippen LogP contribution is -2.08. The highest BCUT2D eigenvalue weighted by atomic mass is 35.5. The Hall–Kier alpha value is -7.36. The van der Waals surface area contributed by atoms with Crippen molar-refractivity contribution in [1.82, 2.24) is 0 Å². The summed E-state index contributed by atoms with van der Waals surface area (Å²) in [6.07, 6.45) is 14.5. The first-order chi connectivity index (χ1) is 35.6. The van der Waals surface area contributed by atoms with Crippen molar-refractivity contribution in [2.75, 3.05) is 32.8 Å². The number of halogens is 2. The fraction of sp³-hybridized carbons (Fsp3) is 0.309. The van der Waals surface area contributed by atoms with Crippen molar-refractivity contribution in [2.45, 2.75) is 76.4 Å². The number of cyclic esters (lactones) is 2. The van der Waals surface area contributed by atoms with Crippen LogP contribution in [0.5, 0.6) is 23.0 Å². The van der Waals surface area contributed by atoms with Crippen LogP contribution in [0.1, 0.15) is 100 Å². The van der Waals surface area contributed by atoms with Gasteiger partial charge in [-0.05, 0) is 147 Å². The second-order valence-corrected chi connectivity index (χ2v) is 16.6. The molecule has 0 saturated carbocycles. The Morgan fingerprint density at radius 2 is 1.01 bits per heavy atom. The van der Waals surface area contributed by atoms with Gasteiger partial charge in [0, 0.05) is 40.5 Å². The van der Waals surface area contributed by atoms with E-state index in [4.69, 9.17) is 60.1 Å². The molecular weight excluding hydrogens is 971 g/mol. The maximum atomic E-state index is 12.4. The van der Waals surface area contributed by atoms with Crippen LogP contribution in [-0.4, -0.2) is 91.0 Å². The monoisotopic (exact) mass is 1040 g/mol. The first-order valence-electron chi connectivity index (χ1n) is 23.9. The van der Waals surface area contributed by atoms with E-state index in [-0.39, 0.29) is 42.2 Å². The Morgan fingerprint density at radius 3 is 1.39 bits per heavy atom. The number of benzene rings is 4. The summed E-state index contributed by atoms with van der Waals surface area (Å²) in [6.45, 7) is 8.51. The molecule has 388 valence electrons. The number of carboxylic acids is 1. The van der Waals surface area contributed by atoms with Gasteiger partial charge < -0.3 is 43.4 Å². The van der Waals surface area contributed by atoms with Crippen LogP contribution >= 0.6 is 23.2 Å². The van der Waals surface area contributed by atoms with Gasteiger partial charge in [0.05, 0.1) is 43.9 Å². The van der Waals surface area contributed by atoms with Crippen LogP contribution in [0.15, 0.2) is 134 Å². The number of carbonyl (C=O) groups is 6. The minimum atomic E-state index is -0.943. The molecule has 2 aliphatic rings. The molecule has 2 aliphatic heterocycles. The highest BCUT2D eigenvalue weighted by Crippen LogP contribution is 2.25. The van der Waals surface area contributed by atoms with E-state index in [9.17, 15) is 28.8 Å². The molecule has 0 amide bonds. The molecule has 2 N–H and O–H groups in total. The van der Waals surface area contributed by atoms with Gasteiger partial charge >= 0.3 is 35.8 Å². The molecule has 0 aliphatic carbocycles. The number of phenolic OH excluding ortho intramolecular Hbond substituents is 1. The summed E-state index contributed by atoms with van der Waals surface area (Å²) in [5, 5.41) is 18.0. The summed E-state index contributed by atoms with van der Waals surface area (Å²) < 4.78 is 46.0. The van der Waals surface area contributed by atoms with Gasteiger partial charge in [0.15, 0.2) is 0 Å². The Balaban J connectivity index is 0.000000586. The highest BCUT2D eigenvalue weighted by Gasteiger charge is 2.27. The zero-order valence-corrected chi connectivity index (χ0v) is 41.8. The zero-order chi connectivity index (χ0) is 54.7. The van der Waals surface area contributed by atoms with Gasteiger partial charge in [-0.2, -0.15) is 0 Å². The largest absolute Gasteiger partial charge is 0.508 e. The molecule has 0 bridgehead atoms. The molecule has 2 unspecified atom stereocenters. The fourth-order valence-electron chi connectivity index (χ4n) is 6.52. The fourth-order valence-corrected chi connectivity index (χ4v) is 6.52. The van der Waals surface area contributed by atoms with E-state index in [2.05, 4.69) is 22.6 Å². The summed E-state index contributed by atoms with van der Waals surface area (Å²) in [6, 6.07) is 26.4. The second kappa shape index (κ2) is 33.3. The van der Waals surface area contributed by atoms with Crippen LogP contribution in [0.3, 0.4) is 0 Å². The third-order valence-electron chi connectivity index (χ3n) is 10.4. The number of rotatable bonds is 21. The molecule has 2 heterocycles. The van der Waals surface area contributed by atoms with E-state index in [1.165, 1.54) is 38.5 Å². The lowest BCUT2D eigenvalue weighted by Gasteiger charge is -2.09. The van der Waals surface area contributed by atoms with E-state index >= 15 is 0 Å². The lowest BCUT2D eigenvalue weighted by molar-refractivity contribution is -0.140. The number of methoxy groups -OCH3 is 2. The van der Waals surface area contributed by atoms with Gasteiger partial charge in [-0.15, -0.1) is 23.2 Å². The van der Waals surface area contributed by atoms with Crippen molar-refractivity contribution in [3.63, 3.8) is 0 Å². The number of unbranched alkanes of at least 4 members (excludes halogenated alkanes) is 4. The van der Waals surface area contributed by atoms with Gasteiger partial charge in [0.25, 0.3) is 0 Å². The summed E-state index contributed by atoms with van der Waals surface area (Å²) >= 11 is 9.53. The van der Waals surface area contributed by atoms with Crippen LogP contribution in [0.4, 0.5) is 0 Å². The number of phenols is 1. The molecule has 0 aromatic heterocycles. The summed E-state index contributed by atoms with van der Waals surface area (Å²) in [5.74, 6) is -0.836. The number of carbonyl (C=O) groups excluding carboxylic acids is 5. The average Bonchev–Trinajstić information content (AvgIpc) is 3.92. The van der Waals surface area contributed by atoms with Crippen LogP contribution in [0.25, 0.3) is 12.2 Å². The van der Waals surface area contributed by atoms with Crippen LogP contribution in [-0.2, 0) is 38.1 Å². The van der Waals surface area contributed by atoms with Crippen molar-refractivity contribution in [3.8, 4) is 23.0 Å². The third-order valence-corrected chi connectivity index (χ3v) is 10.4. The quantitative estimate of drug-likeness (QED) is 0.0199. The number of alkyl halides is 2. The summed E-state index contributed by atoms with van der Waals surface area (Å²) in [5.41, 5.74) is 3.40. The summed E-state index contributed by atoms with van der Waals surface area (Å²) in [7, 11) is 2.63. The van der Waals surface area contributed by atoms with E-state index < -0.39 is 23.9 Å². The molecule has 2 fully saturated rings. The first kappa shape index (κ1) is 57.2. The first-order valence-corrected chi connectivity index (χ1v) is 23.9. The average molecular weight is 1040 g/mol. The number of hydrogen-bond acceptors (Lipinski definition) is 14. The van der Waals surface area contributed by atoms with E-state index in [1.54, 1.807) is 97.1 Å². The smallest absolute Gasteiger partial charge is 0.343 e. The van der Waals surface area contributed by atoms with Gasteiger partial charge in [0.1, 0.15) is 35.2 Å². The number of aromatic carboxylic acids is 1. The third kappa shape index (κ3) is 23.5. The highest BCUT2D eigenvalue weighted by molar-refractivity contribution is 6.40. The molecule has 0 radical (unpaired) electrons. The maximum absolute atomic E-state index is 12.4. The summed E-state index contributed by atoms with van der Waals surface area (Å²) in [4.78, 5) is 67.4. The minimum Gasteiger partial charge on any atom is -0.508 e. The van der Waals surface area contributed by atoms with Crippen molar-refractivity contribution in [3.05, 3.63) is 156 Å². The normalized spacial score (nSPS) is 14.7. The number of ether oxygens (including phenoxy) is 7. The molecular formula is C55H64Cl2O15. The minimum absolute atomic E-state index is 0. The molecule has 4 aromatic carbocycles. The predicted octanol–water partition coefficient (Wildman–Crippen LogP) is 11.6. The van der Waals surface area contributed by atoms with E-state index in [0.717, 1.165) is 62.5 Å². The van der Waals surface area contributed by atoms with Gasteiger partial charge in [0.2, 0.25) is 0 Å². The predicted molar refractivity (Wildman–Crippen MR) is 277 cm³/mol. The number of esters is 5. The molecule has 2 atom stereocenters. The second-order valence-electron chi connectivity index (χ2n) is 15.8. The molecule has 2 saturated heterocycles. The lowest BCUT2D eigenvalue weighted by atomic mass is 10.1. The van der Waals surface area contributed by atoms with E-state index in [1.807, 2.05) is 0 Å². The Morgan fingerprint density at radius 1 is 0.625 bits per heavy atom. The molecule has 72 heavy (non-hydrogen) atoms. The molecule has 0 spiro atoms. The SMILES string of the molecule is C=C1CC(CCCCCOc2ccc(C(=O)O)cc2)OC1=O.C=C1CC(CCCCCOc2ccc(C(=O)Oc3ccc(/C=C/C(=O)OC)cc3)cc2)OC1=O.COC(=O)/C=C/c1ccc(O)cc1.ClCCl.[2HH].[2H][2H]. The topological polar surface area (TPSA) is 207 Å². The van der Waals surface area contributed by atoms with Crippen molar-refractivity contribution < 1.29 is 76.5 Å². The van der Waals surface area contributed by atoms with Gasteiger partial charge in [-0.3, -0.25) is 0 Å². The van der Waals surface area contributed by atoms with Crippen LogP contribution in [0.2, 0.25) is 0 Å². The molecule has 4 aromatic rings. The van der Waals surface area contributed by atoms with Crippen molar-refractivity contribution in [2.24, 2.45) is 0 Å². The Bertz CT molecular complexity index is 2420. The number of carboxylic acid groups (broad SMARTS) is 1. The van der Waals surface area contributed by atoms with Crippen LogP contribution < -0.4 is 14.2 Å². The van der Waals surface area contributed by atoms with E-state index in [0.29, 0.717) is 60.0 Å². The molecule has 15 nitrogen and oxygen atoms in total. The number of hydrogen-bond donors (Lipinski definition) is 2. The Labute approximate surface area is 434 Å². The standard InChI is InChI=1S/C27H28O7.C17H20O5.C10H10O3.CH2Cl2.2H2/c1-19-18-24(34-26(19)29)6-4-3-5-17-32-22-14-10-21(11-15-22)27(30)33-23-12-7-20(8-13-23)9-16-25(28)31-2;1-12-11-15(22-17(12)20)5-3-2-4-10-21-14-8-6-13(7-9-14)16(18)19;1-13-10(12)7-4-8-2-5-9(11)6-3-8;2-1-3;;/h7-16,24H,1,3-6,17-18H2,2H3;6-9,15H,1-5,10-11H2,(H,18,19);2-7,11H,1H3;1H2;2*1H/b16-9+;;7-4+;;;/i;;;;1+1D;1+1. The maximum Gasteiger partial charge on any atom is 0.343 e. The van der Waals surface area contributed by atoms with Crippen LogP contribution in [0, 0.1) is 0 Å². The Kier molecular flexibility index (Phi) is 26.4. The molecule has 6 rings (SSSR count). The van der Waals surface area contributed by atoms with Gasteiger partial charge in [-0.25, -0.2) is 28.8 Å². The van der Waals surface area contributed by atoms with Crippen molar-refractivity contribution >= 4 is 71.2 Å². The molecule has 17 heteroatoms. The van der Waals surface area contributed by atoms with Gasteiger partial charge in [-0.1, -0.05) is 37.4 Å².